The second kappa shape index (κ2) is 10.4. The first-order valence-corrected chi connectivity index (χ1v) is 13.1. The van der Waals surface area contributed by atoms with Crippen molar-refractivity contribution in [2.75, 3.05) is 53.0 Å². The molecule has 0 unspecified atom stereocenters. The Balaban J connectivity index is 1.49. The third kappa shape index (κ3) is 5.58. The number of piperazine rings is 1. The molecular weight excluding hydrogens is 446 g/mol. The van der Waals surface area contributed by atoms with Gasteiger partial charge >= 0.3 is 0 Å². The molecular formula is C23H35N3O6S. The number of hydrogen-bond acceptors (Lipinski definition) is 7. The van der Waals surface area contributed by atoms with E-state index in [1.807, 2.05) is 4.90 Å². The zero-order chi connectivity index (χ0) is 23.6. The zero-order valence-corrected chi connectivity index (χ0v) is 20.2. The van der Waals surface area contributed by atoms with Crippen molar-refractivity contribution in [2.45, 2.75) is 55.4 Å². The Morgan fingerprint density at radius 3 is 2.58 bits per heavy atom. The summed E-state index contributed by atoms with van der Waals surface area (Å²) < 4.78 is 40.5. The molecule has 1 aromatic carbocycles. The van der Waals surface area contributed by atoms with E-state index in [9.17, 15) is 18.3 Å². The monoisotopic (exact) mass is 481 g/mol. The molecule has 3 aliphatic rings. The van der Waals surface area contributed by atoms with Crippen LogP contribution >= 0.6 is 0 Å². The van der Waals surface area contributed by atoms with Crippen LogP contribution in [0.2, 0.25) is 0 Å². The van der Waals surface area contributed by atoms with Crippen LogP contribution in [0, 0.1) is 6.92 Å². The minimum atomic E-state index is -3.84. The van der Waals surface area contributed by atoms with Gasteiger partial charge in [0.05, 0.1) is 48.9 Å². The summed E-state index contributed by atoms with van der Waals surface area (Å²) in [5, 5.41) is 10.4. The molecule has 184 valence electrons. The lowest BCUT2D eigenvalue weighted by Crippen LogP contribution is -2.57. The molecule has 1 amide bonds. The number of aliphatic hydroxyl groups is 1. The number of carbonyl (C=O) groups is 1. The lowest BCUT2D eigenvalue weighted by Gasteiger charge is -2.44. The Bertz CT molecular complexity index is 934. The fourth-order valence-corrected chi connectivity index (χ4v) is 6.87. The predicted octanol–water partition coefficient (Wildman–Crippen LogP) is 0.457. The average Bonchev–Trinajstić information content (AvgIpc) is 2.77. The molecule has 3 heterocycles. The van der Waals surface area contributed by atoms with Crippen LogP contribution in [0.5, 0.6) is 0 Å². The fraction of sp³-hybridized carbons (Fsp3) is 0.696. The molecule has 0 saturated carbocycles. The number of aryl methyl sites for hydroxylation is 1. The van der Waals surface area contributed by atoms with E-state index in [2.05, 4.69) is 11.9 Å². The number of ether oxygens (including phenoxy) is 2. The van der Waals surface area contributed by atoms with Crippen LogP contribution in [0.1, 0.15) is 24.8 Å². The van der Waals surface area contributed by atoms with E-state index in [1.54, 1.807) is 31.2 Å². The standard InChI is InChI=1S/C23H35N3O6S/c1-17-5-3-4-6-22(17)33(29,30)26-14-18(27)15-31-16-21-20(26)8-7-19(32-21)13-23(28)25-11-9-24(2)10-12-25/h3-6,18-21,27H,7-16H2,1-2H3/t18-,19+,20-,21+/m1/s1. The lowest BCUT2D eigenvalue weighted by molar-refractivity contribution is -0.152. The molecule has 1 N–H and O–H groups in total. The zero-order valence-electron chi connectivity index (χ0n) is 19.4. The summed E-state index contributed by atoms with van der Waals surface area (Å²) in [7, 11) is -1.79. The molecule has 0 spiro atoms. The summed E-state index contributed by atoms with van der Waals surface area (Å²) in [6.07, 6.45) is -0.255. The molecule has 33 heavy (non-hydrogen) atoms. The van der Waals surface area contributed by atoms with Crippen LogP contribution in [0.4, 0.5) is 0 Å². The van der Waals surface area contributed by atoms with E-state index < -0.39 is 28.3 Å². The van der Waals surface area contributed by atoms with Gasteiger partial charge in [0.2, 0.25) is 15.9 Å². The van der Waals surface area contributed by atoms with E-state index in [0.717, 1.165) is 26.2 Å². The number of likely N-dealkylation sites (N-methyl/N-ethyl adjacent to an activating group) is 1. The fourth-order valence-electron chi connectivity index (χ4n) is 4.92. The topological polar surface area (TPSA) is 99.6 Å². The van der Waals surface area contributed by atoms with Gasteiger partial charge in [-0.2, -0.15) is 4.31 Å². The molecule has 3 saturated heterocycles. The van der Waals surface area contributed by atoms with E-state index in [1.165, 1.54) is 4.31 Å². The number of benzene rings is 1. The highest BCUT2D eigenvalue weighted by Gasteiger charge is 2.43. The van der Waals surface area contributed by atoms with Gasteiger partial charge in [-0.3, -0.25) is 4.79 Å². The first-order chi connectivity index (χ1) is 15.8. The van der Waals surface area contributed by atoms with Gasteiger partial charge in [-0.1, -0.05) is 18.2 Å². The summed E-state index contributed by atoms with van der Waals surface area (Å²) in [4.78, 5) is 17.1. The molecule has 9 nitrogen and oxygen atoms in total. The van der Waals surface area contributed by atoms with Crippen LogP contribution in [0.3, 0.4) is 0 Å². The number of nitrogens with zero attached hydrogens (tertiary/aromatic N) is 3. The van der Waals surface area contributed by atoms with E-state index >= 15 is 0 Å². The van der Waals surface area contributed by atoms with Crippen molar-refractivity contribution in [1.29, 1.82) is 0 Å². The highest BCUT2D eigenvalue weighted by Crippen LogP contribution is 2.32. The normalized spacial score (nSPS) is 30.3. The Kier molecular flexibility index (Phi) is 7.72. The van der Waals surface area contributed by atoms with Gasteiger partial charge in [0.25, 0.3) is 0 Å². The number of carbonyl (C=O) groups excluding carboxylic acids is 1. The Morgan fingerprint density at radius 1 is 1.12 bits per heavy atom. The van der Waals surface area contributed by atoms with Crippen molar-refractivity contribution in [3.8, 4) is 0 Å². The van der Waals surface area contributed by atoms with Gasteiger partial charge in [-0.15, -0.1) is 0 Å². The van der Waals surface area contributed by atoms with Crippen LogP contribution in [-0.2, 0) is 24.3 Å². The number of sulfonamides is 1. The Labute approximate surface area is 196 Å². The van der Waals surface area contributed by atoms with Crippen molar-refractivity contribution >= 4 is 15.9 Å². The van der Waals surface area contributed by atoms with Gasteiger partial charge in [0, 0.05) is 32.7 Å². The number of fused-ring (bicyclic) bond motifs is 1. The van der Waals surface area contributed by atoms with Gasteiger partial charge in [0.1, 0.15) is 0 Å². The molecule has 4 atom stereocenters. The second-order valence-corrected chi connectivity index (χ2v) is 11.2. The summed E-state index contributed by atoms with van der Waals surface area (Å²) in [6, 6.07) is 6.42. The summed E-state index contributed by atoms with van der Waals surface area (Å²) >= 11 is 0. The number of hydrogen-bond donors (Lipinski definition) is 1. The maximum absolute atomic E-state index is 13.6. The van der Waals surface area contributed by atoms with Gasteiger partial charge in [-0.25, -0.2) is 8.42 Å². The lowest BCUT2D eigenvalue weighted by atomic mass is 9.96. The average molecular weight is 482 g/mol. The SMILES string of the molecule is Cc1ccccc1S(=O)(=O)N1C[C@@H](O)COC[C@@H]2O[C@H](CC(=O)N3CCN(C)CC3)CC[C@H]21. The quantitative estimate of drug-likeness (QED) is 0.667. The Morgan fingerprint density at radius 2 is 1.85 bits per heavy atom. The third-order valence-electron chi connectivity index (χ3n) is 6.87. The second-order valence-electron chi connectivity index (χ2n) is 9.36. The molecule has 0 bridgehead atoms. The van der Waals surface area contributed by atoms with Gasteiger partial charge in [-0.05, 0) is 38.4 Å². The molecule has 3 fully saturated rings. The summed E-state index contributed by atoms with van der Waals surface area (Å²) in [5.41, 5.74) is 0.661. The van der Waals surface area contributed by atoms with Crippen molar-refractivity contribution in [3.05, 3.63) is 29.8 Å². The third-order valence-corrected chi connectivity index (χ3v) is 8.92. The predicted molar refractivity (Wildman–Crippen MR) is 122 cm³/mol. The largest absolute Gasteiger partial charge is 0.389 e. The maximum atomic E-state index is 13.6. The minimum absolute atomic E-state index is 0.0390. The summed E-state index contributed by atoms with van der Waals surface area (Å²) in [5.74, 6) is 0.0816. The first kappa shape index (κ1) is 24.6. The molecule has 0 radical (unpaired) electrons. The van der Waals surface area contributed by atoms with Crippen LogP contribution in [0.15, 0.2) is 29.2 Å². The molecule has 3 aliphatic heterocycles. The van der Waals surface area contributed by atoms with Crippen LogP contribution < -0.4 is 0 Å². The van der Waals surface area contributed by atoms with Gasteiger partial charge in [0.15, 0.2) is 0 Å². The molecule has 4 rings (SSSR count). The van der Waals surface area contributed by atoms with Crippen molar-refractivity contribution in [3.63, 3.8) is 0 Å². The minimum Gasteiger partial charge on any atom is -0.389 e. The highest BCUT2D eigenvalue weighted by atomic mass is 32.2. The van der Waals surface area contributed by atoms with Crippen molar-refractivity contribution < 1.29 is 27.8 Å². The highest BCUT2D eigenvalue weighted by molar-refractivity contribution is 7.89. The molecule has 10 heteroatoms. The van der Waals surface area contributed by atoms with E-state index in [4.69, 9.17) is 9.47 Å². The smallest absolute Gasteiger partial charge is 0.243 e. The van der Waals surface area contributed by atoms with E-state index in [0.29, 0.717) is 24.8 Å². The summed E-state index contributed by atoms with van der Waals surface area (Å²) in [6.45, 7) is 5.11. The number of β-amino-alcohol motifs (C(OH)–C–C–N with tert-alkyl or cyclic N) is 1. The molecule has 1 aromatic rings. The maximum Gasteiger partial charge on any atom is 0.243 e. The number of rotatable bonds is 4. The van der Waals surface area contributed by atoms with Crippen LogP contribution in [0.25, 0.3) is 0 Å². The van der Waals surface area contributed by atoms with Crippen molar-refractivity contribution in [1.82, 2.24) is 14.1 Å². The molecule has 0 aliphatic carbocycles. The molecule has 0 aromatic heterocycles. The van der Waals surface area contributed by atoms with Crippen molar-refractivity contribution in [2.24, 2.45) is 0 Å². The number of amides is 1. The van der Waals surface area contributed by atoms with Crippen LogP contribution in [-0.4, -0.2) is 111 Å². The van der Waals surface area contributed by atoms with Gasteiger partial charge < -0.3 is 24.4 Å². The Hall–Kier alpha value is -1.56. The first-order valence-electron chi connectivity index (χ1n) is 11.7. The van der Waals surface area contributed by atoms with E-state index in [-0.39, 0.29) is 36.7 Å². The number of aliphatic hydroxyl groups excluding tert-OH is 1.